The molecule has 5 rings (SSSR count). The molecule has 0 aromatic carbocycles. The maximum Gasteiger partial charge on any atom is 0.387 e. The number of ether oxygens (including phenoxy) is 2. The summed E-state index contributed by atoms with van der Waals surface area (Å²) in [6, 6.07) is 3.65. The van der Waals surface area contributed by atoms with E-state index < -0.39 is 19.1 Å². The number of alkyl halides is 4. The molecule has 0 radical (unpaired) electrons. The zero-order valence-corrected chi connectivity index (χ0v) is 19.1. The fraction of sp³-hybridized carbons (Fsp3) is 0.652. The smallest absolute Gasteiger partial charge is 0.387 e. The van der Waals surface area contributed by atoms with E-state index in [4.69, 9.17) is 15.6 Å². The van der Waals surface area contributed by atoms with E-state index >= 15 is 0 Å². The third-order valence-corrected chi connectivity index (χ3v) is 7.20. The van der Waals surface area contributed by atoms with Crippen molar-refractivity contribution in [3.05, 3.63) is 24.0 Å². The molecular weight excluding hydrogens is 454 g/mol. The van der Waals surface area contributed by atoms with Gasteiger partial charge in [0.05, 0.1) is 18.8 Å². The number of nitrogens with two attached hydrogens (primary N) is 1. The van der Waals surface area contributed by atoms with Crippen molar-refractivity contribution in [3.8, 4) is 17.0 Å². The van der Waals surface area contributed by atoms with Crippen LogP contribution in [-0.4, -0.2) is 64.5 Å². The standard InChI is InChI=1S/C23H29F4N5O2/c1-12(2)32-18(8-17(30-32)13-5-19(34-22(24)25)21(28)29-9-13)20-15-6-14(7-16(15)20)31-3-4-33-11-23(26,27)10-31/h5,8-9,12,14-16,20,22H,3-4,6-7,10-11H2,1-2H3,(H2,28,29)/t14?,15-,16+,20+. The van der Waals surface area contributed by atoms with Crippen LogP contribution in [-0.2, 0) is 4.74 Å². The van der Waals surface area contributed by atoms with E-state index in [2.05, 4.69) is 9.72 Å². The Morgan fingerprint density at radius 1 is 1.21 bits per heavy atom. The van der Waals surface area contributed by atoms with Gasteiger partial charge in [-0.05, 0) is 50.7 Å². The van der Waals surface area contributed by atoms with E-state index in [9.17, 15) is 17.6 Å². The predicted octanol–water partition coefficient (Wildman–Crippen LogP) is 4.17. The van der Waals surface area contributed by atoms with Gasteiger partial charge in [0.25, 0.3) is 5.92 Å². The molecule has 34 heavy (non-hydrogen) atoms. The summed E-state index contributed by atoms with van der Waals surface area (Å²) in [5, 5.41) is 4.73. The summed E-state index contributed by atoms with van der Waals surface area (Å²) in [7, 11) is 0. The van der Waals surface area contributed by atoms with Crippen LogP contribution in [0.25, 0.3) is 11.3 Å². The second kappa shape index (κ2) is 8.67. The Balaban J connectivity index is 1.34. The van der Waals surface area contributed by atoms with Crippen molar-refractivity contribution in [2.75, 3.05) is 32.0 Å². The molecule has 2 saturated carbocycles. The minimum Gasteiger partial charge on any atom is -0.431 e. The maximum atomic E-state index is 14.0. The number of pyridine rings is 1. The van der Waals surface area contributed by atoms with Crippen LogP contribution in [0, 0.1) is 11.8 Å². The van der Waals surface area contributed by atoms with Gasteiger partial charge in [-0.25, -0.2) is 13.8 Å². The van der Waals surface area contributed by atoms with Crippen molar-refractivity contribution >= 4 is 5.82 Å². The minimum absolute atomic E-state index is 0.0980. The fourth-order valence-corrected chi connectivity index (χ4v) is 5.68. The molecule has 0 spiro atoms. The molecule has 3 fully saturated rings. The van der Waals surface area contributed by atoms with Gasteiger partial charge in [-0.1, -0.05) is 0 Å². The summed E-state index contributed by atoms with van der Waals surface area (Å²) in [5.41, 5.74) is 7.90. The van der Waals surface area contributed by atoms with Crippen LogP contribution in [0.1, 0.15) is 44.3 Å². The Labute approximate surface area is 195 Å². The molecule has 0 amide bonds. The Bertz CT molecular complexity index is 1030. The second-order valence-electron chi connectivity index (χ2n) is 9.84. The van der Waals surface area contributed by atoms with Gasteiger partial charge in [-0.15, -0.1) is 0 Å². The van der Waals surface area contributed by atoms with E-state index in [1.54, 1.807) is 0 Å². The molecule has 3 heterocycles. The van der Waals surface area contributed by atoms with Crippen molar-refractivity contribution in [3.63, 3.8) is 0 Å². The molecule has 4 atom stereocenters. The number of fused-ring (bicyclic) bond motifs is 1. The molecule has 7 nitrogen and oxygen atoms in total. The van der Waals surface area contributed by atoms with Crippen molar-refractivity contribution in [2.45, 2.75) is 57.2 Å². The molecule has 186 valence electrons. The van der Waals surface area contributed by atoms with Crippen LogP contribution in [0.2, 0.25) is 0 Å². The molecule has 1 unspecified atom stereocenters. The second-order valence-corrected chi connectivity index (χ2v) is 9.84. The molecule has 2 aliphatic carbocycles. The minimum atomic E-state index is -3.00. The van der Waals surface area contributed by atoms with Crippen molar-refractivity contribution in [1.29, 1.82) is 0 Å². The van der Waals surface area contributed by atoms with Gasteiger partial charge in [-0.3, -0.25) is 9.58 Å². The largest absolute Gasteiger partial charge is 0.431 e. The Kier molecular flexibility index (Phi) is 5.96. The highest BCUT2D eigenvalue weighted by Gasteiger charge is 2.59. The van der Waals surface area contributed by atoms with Gasteiger partial charge in [0.15, 0.2) is 11.6 Å². The normalized spacial score (nSPS) is 28.8. The summed E-state index contributed by atoms with van der Waals surface area (Å²) >= 11 is 0. The molecule has 2 aromatic heterocycles. The highest BCUT2D eigenvalue weighted by Crippen LogP contribution is 2.64. The van der Waals surface area contributed by atoms with E-state index in [1.165, 1.54) is 12.3 Å². The summed E-state index contributed by atoms with van der Waals surface area (Å²) < 4.78 is 65.0. The lowest BCUT2D eigenvalue weighted by molar-refractivity contribution is -0.0719. The molecular formula is C23H29F4N5O2. The first-order chi connectivity index (χ1) is 16.1. The lowest BCUT2D eigenvalue weighted by atomic mass is 10.0. The molecule has 3 aliphatic rings. The van der Waals surface area contributed by atoms with E-state index in [-0.39, 0.29) is 30.2 Å². The average Bonchev–Trinajstić information content (AvgIpc) is 3.09. The Morgan fingerprint density at radius 2 is 1.94 bits per heavy atom. The Hall–Kier alpha value is -2.40. The Morgan fingerprint density at radius 3 is 2.62 bits per heavy atom. The van der Waals surface area contributed by atoms with Crippen LogP contribution in [0.15, 0.2) is 18.3 Å². The van der Waals surface area contributed by atoms with Gasteiger partial charge in [0.1, 0.15) is 6.61 Å². The first-order valence-electron chi connectivity index (χ1n) is 11.6. The summed E-state index contributed by atoms with van der Waals surface area (Å²) in [4.78, 5) is 5.88. The van der Waals surface area contributed by atoms with E-state index in [0.29, 0.717) is 42.2 Å². The fourth-order valence-electron chi connectivity index (χ4n) is 5.68. The quantitative estimate of drug-likeness (QED) is 0.622. The van der Waals surface area contributed by atoms with Gasteiger partial charge >= 0.3 is 6.61 Å². The highest BCUT2D eigenvalue weighted by molar-refractivity contribution is 5.64. The SMILES string of the molecule is CC(C)n1nc(-c2cnc(N)c(OC(F)F)c2)cc1[C@H]1[C@@H]2CC(N3CCOCC(F)(F)C3)C[C@@H]21. The van der Waals surface area contributed by atoms with Crippen molar-refractivity contribution < 1.29 is 27.0 Å². The van der Waals surface area contributed by atoms with Crippen LogP contribution in [0.3, 0.4) is 0 Å². The number of hydrogen-bond acceptors (Lipinski definition) is 6. The lowest BCUT2D eigenvalue weighted by Gasteiger charge is -2.30. The summed E-state index contributed by atoms with van der Waals surface area (Å²) in [5.74, 6) is -1.95. The van der Waals surface area contributed by atoms with Gasteiger partial charge in [0, 0.05) is 42.0 Å². The van der Waals surface area contributed by atoms with E-state index in [1.807, 2.05) is 29.5 Å². The van der Waals surface area contributed by atoms with Gasteiger partial charge in [0.2, 0.25) is 0 Å². The topological polar surface area (TPSA) is 78.4 Å². The molecule has 1 aliphatic heterocycles. The van der Waals surface area contributed by atoms with Crippen molar-refractivity contribution in [2.24, 2.45) is 11.8 Å². The first kappa shape index (κ1) is 23.3. The lowest BCUT2D eigenvalue weighted by Crippen LogP contribution is -2.43. The van der Waals surface area contributed by atoms with Crippen LogP contribution in [0.4, 0.5) is 23.4 Å². The zero-order valence-electron chi connectivity index (χ0n) is 19.1. The number of hydrogen-bond donors (Lipinski definition) is 1. The van der Waals surface area contributed by atoms with Crippen LogP contribution in [0.5, 0.6) is 5.75 Å². The average molecular weight is 484 g/mol. The number of aromatic nitrogens is 3. The summed E-state index contributed by atoms with van der Waals surface area (Å²) in [6.07, 6.45) is 3.25. The monoisotopic (exact) mass is 483 g/mol. The zero-order chi connectivity index (χ0) is 24.2. The molecule has 11 heteroatoms. The molecule has 2 aromatic rings. The van der Waals surface area contributed by atoms with Crippen LogP contribution >= 0.6 is 0 Å². The number of anilines is 1. The van der Waals surface area contributed by atoms with Gasteiger partial charge in [-0.2, -0.15) is 13.9 Å². The van der Waals surface area contributed by atoms with Crippen molar-refractivity contribution in [1.82, 2.24) is 19.7 Å². The van der Waals surface area contributed by atoms with Gasteiger partial charge < -0.3 is 15.2 Å². The number of nitrogens with zero attached hydrogens (tertiary/aromatic N) is 4. The van der Waals surface area contributed by atoms with Crippen LogP contribution < -0.4 is 10.5 Å². The third-order valence-electron chi connectivity index (χ3n) is 7.20. The number of rotatable bonds is 6. The molecule has 2 N–H and O–H groups in total. The predicted molar refractivity (Wildman–Crippen MR) is 117 cm³/mol. The highest BCUT2D eigenvalue weighted by atomic mass is 19.3. The number of nitrogen functional groups attached to an aromatic ring is 1. The third kappa shape index (κ3) is 4.47. The maximum absolute atomic E-state index is 14.0. The number of halogens is 4. The van der Waals surface area contributed by atoms with E-state index in [0.717, 1.165) is 18.5 Å². The first-order valence-corrected chi connectivity index (χ1v) is 11.6. The molecule has 0 bridgehead atoms. The molecule has 1 saturated heterocycles. The summed E-state index contributed by atoms with van der Waals surface area (Å²) in [6.45, 7) is 1.18.